The molecule has 0 aromatic carbocycles. The Morgan fingerprint density at radius 1 is 1.36 bits per heavy atom. The number of nitrogens with one attached hydrogen (secondary N) is 1. The molecule has 3 heterocycles. The summed E-state index contributed by atoms with van der Waals surface area (Å²) in [6, 6.07) is 1.85. The first kappa shape index (κ1) is 13.9. The van der Waals surface area contributed by atoms with E-state index in [1.54, 1.807) is 11.7 Å². The molecule has 6 nitrogen and oxygen atoms in total. The molecule has 1 N–H and O–H groups in total. The molecular formula is C15H18N4O2S. The zero-order chi connectivity index (χ0) is 15.3. The average molecular weight is 318 g/mol. The van der Waals surface area contributed by atoms with Gasteiger partial charge in [-0.25, -0.2) is 4.98 Å². The van der Waals surface area contributed by atoms with E-state index in [4.69, 9.17) is 0 Å². The summed E-state index contributed by atoms with van der Waals surface area (Å²) >= 11 is 1.86. The van der Waals surface area contributed by atoms with Gasteiger partial charge in [-0.1, -0.05) is 0 Å². The molecule has 116 valence electrons. The van der Waals surface area contributed by atoms with Crippen molar-refractivity contribution >= 4 is 28.7 Å². The predicted molar refractivity (Wildman–Crippen MR) is 86.5 cm³/mol. The minimum absolute atomic E-state index is 0.0358. The number of fused-ring (bicyclic) bond motifs is 1. The number of nitrogens with zero attached hydrogens (tertiary/aromatic N) is 3. The van der Waals surface area contributed by atoms with Gasteiger partial charge in [-0.15, -0.1) is 0 Å². The topological polar surface area (TPSA) is 71.0 Å². The maximum atomic E-state index is 12.9. The van der Waals surface area contributed by atoms with Crippen molar-refractivity contribution in [3.05, 3.63) is 27.7 Å². The van der Waals surface area contributed by atoms with Crippen LogP contribution >= 0.6 is 11.8 Å². The summed E-state index contributed by atoms with van der Waals surface area (Å²) < 4.78 is 1.62. The Balaban J connectivity index is 1.87. The van der Waals surface area contributed by atoms with E-state index in [-0.39, 0.29) is 11.5 Å². The lowest BCUT2D eigenvalue weighted by atomic mass is 10.1. The van der Waals surface area contributed by atoms with Crippen LogP contribution < -0.4 is 5.56 Å². The van der Waals surface area contributed by atoms with Crippen molar-refractivity contribution in [2.45, 2.75) is 18.8 Å². The maximum absolute atomic E-state index is 12.9. The quantitative estimate of drug-likeness (QED) is 0.907. The lowest BCUT2D eigenvalue weighted by Crippen LogP contribution is -2.38. The van der Waals surface area contributed by atoms with Crippen molar-refractivity contribution < 1.29 is 4.79 Å². The Bertz CT molecular complexity index is 800. The summed E-state index contributed by atoms with van der Waals surface area (Å²) in [6.07, 6.45) is 2.23. The molecule has 0 unspecified atom stereocenters. The van der Waals surface area contributed by atoms with Crippen molar-refractivity contribution in [2.24, 2.45) is 7.05 Å². The van der Waals surface area contributed by atoms with Crippen LogP contribution in [0.1, 0.15) is 34.8 Å². The maximum Gasteiger partial charge on any atom is 0.274 e. The number of hydrogen-bond acceptors (Lipinski definition) is 4. The van der Waals surface area contributed by atoms with Gasteiger partial charge in [0.1, 0.15) is 0 Å². The van der Waals surface area contributed by atoms with Crippen LogP contribution in [-0.2, 0) is 7.05 Å². The van der Waals surface area contributed by atoms with Crippen LogP contribution in [0, 0.1) is 0 Å². The summed E-state index contributed by atoms with van der Waals surface area (Å²) in [5.41, 5.74) is 1.81. The first-order chi connectivity index (χ1) is 10.6. The number of aromatic nitrogens is 3. The fraction of sp³-hybridized carbons (Fsp3) is 0.533. The molecule has 2 fully saturated rings. The Labute approximate surface area is 131 Å². The molecule has 2 aromatic heterocycles. The summed E-state index contributed by atoms with van der Waals surface area (Å²) in [6.45, 7) is 1.49. The summed E-state index contributed by atoms with van der Waals surface area (Å²) in [4.78, 5) is 31.6. The van der Waals surface area contributed by atoms with E-state index in [0.29, 0.717) is 22.5 Å². The number of pyridine rings is 1. The van der Waals surface area contributed by atoms with Crippen LogP contribution in [0.15, 0.2) is 10.9 Å². The molecular weight excluding hydrogens is 300 g/mol. The van der Waals surface area contributed by atoms with Crippen LogP contribution in [0.3, 0.4) is 0 Å². The minimum Gasteiger partial charge on any atom is -0.337 e. The molecule has 0 atom stereocenters. The van der Waals surface area contributed by atoms with Gasteiger partial charge in [0, 0.05) is 43.3 Å². The third-order valence-corrected chi connectivity index (χ3v) is 5.30. The Morgan fingerprint density at radius 3 is 2.77 bits per heavy atom. The molecule has 0 bridgehead atoms. The molecule has 0 radical (unpaired) electrons. The van der Waals surface area contributed by atoms with Crippen LogP contribution in [0.5, 0.6) is 0 Å². The summed E-state index contributed by atoms with van der Waals surface area (Å²) in [5, 5.41) is 3.15. The van der Waals surface area contributed by atoms with E-state index in [0.717, 1.165) is 43.1 Å². The average Bonchev–Trinajstić information content (AvgIpc) is 3.34. The van der Waals surface area contributed by atoms with Gasteiger partial charge in [0.05, 0.1) is 10.9 Å². The highest BCUT2D eigenvalue weighted by Crippen LogP contribution is 2.40. The van der Waals surface area contributed by atoms with Gasteiger partial charge in [-0.05, 0) is 18.9 Å². The van der Waals surface area contributed by atoms with Crippen molar-refractivity contribution in [3.63, 3.8) is 0 Å². The predicted octanol–water partition coefficient (Wildman–Crippen LogP) is 1.33. The highest BCUT2D eigenvalue weighted by molar-refractivity contribution is 7.99. The number of hydrogen-bond donors (Lipinski definition) is 1. The molecule has 4 rings (SSSR count). The number of amides is 1. The Kier molecular flexibility index (Phi) is 3.25. The van der Waals surface area contributed by atoms with Crippen LogP contribution in [-0.4, -0.2) is 50.2 Å². The van der Waals surface area contributed by atoms with Gasteiger partial charge in [-0.3, -0.25) is 19.4 Å². The van der Waals surface area contributed by atoms with Gasteiger partial charge in [0.15, 0.2) is 5.65 Å². The van der Waals surface area contributed by atoms with Crippen molar-refractivity contribution in [1.29, 1.82) is 0 Å². The Morgan fingerprint density at radius 2 is 2.09 bits per heavy atom. The smallest absolute Gasteiger partial charge is 0.274 e. The molecule has 2 aromatic rings. The standard InChI is InChI=1S/C15H18N4O2S/c1-18-13-12(14(20)17-18)10(8-11(16-13)9-2-3-9)15(21)19-4-6-22-7-5-19/h8-9H,2-7H2,1H3,(H,17,20). The van der Waals surface area contributed by atoms with E-state index in [9.17, 15) is 9.59 Å². The molecule has 7 heteroatoms. The molecule has 1 aliphatic carbocycles. The normalized spacial score (nSPS) is 18.9. The third kappa shape index (κ3) is 2.24. The lowest BCUT2D eigenvalue weighted by Gasteiger charge is -2.26. The lowest BCUT2D eigenvalue weighted by molar-refractivity contribution is 0.0774. The largest absolute Gasteiger partial charge is 0.337 e. The van der Waals surface area contributed by atoms with Gasteiger partial charge in [0.2, 0.25) is 0 Å². The highest BCUT2D eigenvalue weighted by atomic mass is 32.2. The fourth-order valence-corrected chi connectivity index (χ4v) is 3.88. The number of H-pyrrole nitrogens is 1. The van der Waals surface area contributed by atoms with E-state index in [1.165, 1.54) is 0 Å². The summed E-state index contributed by atoms with van der Waals surface area (Å²) in [7, 11) is 1.76. The van der Waals surface area contributed by atoms with E-state index >= 15 is 0 Å². The minimum atomic E-state index is -0.234. The highest BCUT2D eigenvalue weighted by Gasteiger charge is 2.30. The first-order valence-corrected chi connectivity index (χ1v) is 8.77. The van der Waals surface area contributed by atoms with Crippen molar-refractivity contribution in [3.8, 4) is 0 Å². The molecule has 22 heavy (non-hydrogen) atoms. The molecule has 1 amide bonds. The van der Waals surface area contributed by atoms with Gasteiger partial charge >= 0.3 is 0 Å². The van der Waals surface area contributed by atoms with E-state index < -0.39 is 0 Å². The second-order valence-electron chi connectivity index (χ2n) is 5.97. The zero-order valence-corrected chi connectivity index (χ0v) is 13.3. The molecule has 1 aliphatic heterocycles. The SMILES string of the molecule is Cn1[nH]c(=O)c2c(C(=O)N3CCSCC3)cc(C3CC3)nc21. The number of rotatable bonds is 2. The van der Waals surface area contributed by atoms with Gasteiger partial charge < -0.3 is 4.90 Å². The van der Waals surface area contributed by atoms with E-state index in [2.05, 4.69) is 10.1 Å². The number of aromatic amines is 1. The second-order valence-corrected chi connectivity index (χ2v) is 7.20. The van der Waals surface area contributed by atoms with Crippen LogP contribution in [0.25, 0.3) is 11.0 Å². The molecule has 0 spiro atoms. The second kappa shape index (κ2) is 5.15. The van der Waals surface area contributed by atoms with Crippen molar-refractivity contribution in [1.82, 2.24) is 19.7 Å². The van der Waals surface area contributed by atoms with Crippen LogP contribution in [0.4, 0.5) is 0 Å². The Hall–Kier alpha value is -1.76. The van der Waals surface area contributed by atoms with E-state index in [1.807, 2.05) is 22.7 Å². The molecule has 1 saturated heterocycles. The van der Waals surface area contributed by atoms with Crippen molar-refractivity contribution in [2.75, 3.05) is 24.6 Å². The zero-order valence-electron chi connectivity index (χ0n) is 12.5. The summed E-state index contributed by atoms with van der Waals surface area (Å²) in [5.74, 6) is 2.32. The van der Waals surface area contributed by atoms with Gasteiger partial charge in [0.25, 0.3) is 11.5 Å². The number of carbonyl (C=O) groups excluding carboxylic acids is 1. The first-order valence-electron chi connectivity index (χ1n) is 7.62. The molecule has 1 saturated carbocycles. The monoisotopic (exact) mass is 318 g/mol. The molecule has 2 aliphatic rings. The number of carbonyl (C=O) groups is 1. The van der Waals surface area contributed by atoms with Crippen LogP contribution in [0.2, 0.25) is 0 Å². The third-order valence-electron chi connectivity index (χ3n) is 4.36. The number of thioether (sulfide) groups is 1. The number of aryl methyl sites for hydroxylation is 1. The van der Waals surface area contributed by atoms with Gasteiger partial charge in [-0.2, -0.15) is 11.8 Å². The fourth-order valence-electron chi connectivity index (χ4n) is 2.97.